The molecule has 0 aliphatic carbocycles. The quantitative estimate of drug-likeness (QED) is 0.461. The molecule has 7 heteroatoms. The molecule has 0 fully saturated rings. The molecule has 28 heavy (non-hydrogen) atoms. The predicted octanol–water partition coefficient (Wildman–Crippen LogP) is 2.66. The maximum atomic E-state index is 12.2. The molecule has 142 valence electrons. The Labute approximate surface area is 161 Å². The van der Waals surface area contributed by atoms with Crippen molar-refractivity contribution in [3.05, 3.63) is 65.2 Å². The van der Waals surface area contributed by atoms with Crippen molar-refractivity contribution in [3.63, 3.8) is 0 Å². The van der Waals surface area contributed by atoms with Gasteiger partial charge in [-0.25, -0.2) is 9.69 Å². The fraction of sp³-hybridized carbons (Fsp3) is 0.190. The van der Waals surface area contributed by atoms with Crippen molar-refractivity contribution in [1.82, 2.24) is 4.90 Å². The smallest absolute Gasteiger partial charge is 0.332 e. The summed E-state index contributed by atoms with van der Waals surface area (Å²) in [4.78, 5) is 37.4. The molecule has 0 bridgehead atoms. The first-order valence-corrected chi connectivity index (χ1v) is 8.83. The molecule has 0 radical (unpaired) electrons. The van der Waals surface area contributed by atoms with E-state index in [1.165, 1.54) is 6.08 Å². The van der Waals surface area contributed by atoms with Crippen molar-refractivity contribution in [2.24, 2.45) is 0 Å². The van der Waals surface area contributed by atoms with Gasteiger partial charge < -0.3 is 14.2 Å². The molecule has 0 spiro atoms. The minimum atomic E-state index is -0.663. The van der Waals surface area contributed by atoms with E-state index in [0.29, 0.717) is 35.8 Å². The lowest BCUT2D eigenvalue weighted by Crippen LogP contribution is -2.32. The van der Waals surface area contributed by atoms with Crippen LogP contribution in [0.25, 0.3) is 6.08 Å². The summed E-state index contributed by atoms with van der Waals surface area (Å²) in [6.45, 7) is 0.742. The lowest BCUT2D eigenvalue weighted by molar-refractivity contribution is -0.140. The number of carbonyl (C=O) groups is 3. The monoisotopic (exact) mass is 379 g/mol. The van der Waals surface area contributed by atoms with E-state index in [9.17, 15) is 14.4 Å². The zero-order chi connectivity index (χ0) is 19.5. The van der Waals surface area contributed by atoms with Crippen LogP contribution in [0.15, 0.2) is 48.5 Å². The number of imide groups is 1. The van der Waals surface area contributed by atoms with E-state index < -0.39 is 24.5 Å². The van der Waals surface area contributed by atoms with E-state index in [2.05, 4.69) is 0 Å². The van der Waals surface area contributed by atoms with Crippen molar-refractivity contribution in [3.8, 4) is 11.5 Å². The van der Waals surface area contributed by atoms with Crippen molar-refractivity contribution in [2.75, 3.05) is 19.9 Å². The number of ether oxygens (including phenoxy) is 3. The summed E-state index contributed by atoms with van der Waals surface area (Å²) in [7, 11) is 0. The van der Waals surface area contributed by atoms with Crippen molar-refractivity contribution < 1.29 is 28.6 Å². The highest BCUT2D eigenvalue weighted by molar-refractivity contribution is 6.21. The molecule has 0 atom stereocenters. The van der Waals surface area contributed by atoms with Gasteiger partial charge in [-0.05, 0) is 35.9 Å². The molecule has 0 N–H and O–H groups in total. The second-order valence-corrected chi connectivity index (χ2v) is 6.27. The zero-order valence-electron chi connectivity index (χ0n) is 14.9. The minimum Gasteiger partial charge on any atom is -0.490 e. The molecule has 0 unspecified atom stereocenters. The minimum absolute atomic E-state index is 0.311. The van der Waals surface area contributed by atoms with Gasteiger partial charge in [-0.2, -0.15) is 0 Å². The van der Waals surface area contributed by atoms with Gasteiger partial charge >= 0.3 is 5.97 Å². The normalized spacial score (nSPS) is 15.5. The van der Waals surface area contributed by atoms with Crippen LogP contribution in [0.3, 0.4) is 0 Å². The van der Waals surface area contributed by atoms with Crippen molar-refractivity contribution >= 4 is 23.9 Å². The van der Waals surface area contributed by atoms with E-state index in [1.807, 2.05) is 0 Å². The molecule has 0 saturated carbocycles. The fourth-order valence-electron chi connectivity index (χ4n) is 2.98. The van der Waals surface area contributed by atoms with Gasteiger partial charge in [0.15, 0.2) is 18.2 Å². The van der Waals surface area contributed by atoms with E-state index in [0.717, 1.165) is 16.9 Å². The average molecular weight is 379 g/mol. The Morgan fingerprint density at radius 2 is 1.68 bits per heavy atom. The third-order valence-electron chi connectivity index (χ3n) is 4.40. The Kier molecular flexibility index (Phi) is 4.80. The summed E-state index contributed by atoms with van der Waals surface area (Å²) >= 11 is 0. The van der Waals surface area contributed by atoms with E-state index in [-0.39, 0.29) is 0 Å². The van der Waals surface area contributed by atoms with Gasteiger partial charge in [-0.15, -0.1) is 0 Å². The van der Waals surface area contributed by atoms with Crippen LogP contribution in [-0.2, 0) is 9.53 Å². The summed E-state index contributed by atoms with van der Waals surface area (Å²) in [5.41, 5.74) is 1.36. The van der Waals surface area contributed by atoms with E-state index >= 15 is 0 Å². The molecule has 4 rings (SSSR count). The molecule has 0 aromatic heterocycles. The summed E-state index contributed by atoms with van der Waals surface area (Å²) in [6.07, 6.45) is 3.61. The van der Waals surface area contributed by atoms with Crippen LogP contribution in [0.1, 0.15) is 32.7 Å². The van der Waals surface area contributed by atoms with Crippen LogP contribution >= 0.6 is 0 Å². The van der Waals surface area contributed by atoms with Crippen LogP contribution in [0.5, 0.6) is 11.5 Å². The Balaban J connectivity index is 1.37. The standard InChI is InChI=1S/C21H17NO6/c23-19(9-7-14-6-8-17-18(12-14)27-11-3-10-26-17)28-13-22-20(24)15-4-1-2-5-16(15)21(22)25/h1-2,4-9,12H,3,10-11,13H2/b9-7+. The average Bonchev–Trinajstić information content (AvgIpc) is 2.87. The molecule has 0 saturated heterocycles. The molecular formula is C21H17NO6. The van der Waals surface area contributed by atoms with Crippen LogP contribution in [0, 0.1) is 0 Å². The SMILES string of the molecule is O=C(/C=C/c1ccc2c(c1)OCCCO2)OCN1C(=O)c2ccccc2C1=O. The Morgan fingerprint density at radius 1 is 1.00 bits per heavy atom. The number of benzene rings is 2. The number of rotatable bonds is 4. The molecule has 2 heterocycles. The first-order valence-electron chi connectivity index (χ1n) is 8.83. The predicted molar refractivity (Wildman–Crippen MR) is 99.0 cm³/mol. The van der Waals surface area contributed by atoms with Gasteiger partial charge in [0.25, 0.3) is 11.8 Å². The van der Waals surface area contributed by atoms with Crippen molar-refractivity contribution in [1.29, 1.82) is 0 Å². The highest BCUT2D eigenvalue weighted by Gasteiger charge is 2.35. The molecule has 7 nitrogen and oxygen atoms in total. The molecule has 2 amide bonds. The first kappa shape index (κ1) is 17.8. The fourth-order valence-corrected chi connectivity index (χ4v) is 2.98. The van der Waals surface area contributed by atoms with Gasteiger partial charge in [-0.3, -0.25) is 9.59 Å². The van der Waals surface area contributed by atoms with Gasteiger partial charge in [0.2, 0.25) is 0 Å². The van der Waals surface area contributed by atoms with Gasteiger partial charge in [0.1, 0.15) is 0 Å². The second-order valence-electron chi connectivity index (χ2n) is 6.27. The number of hydrogen-bond acceptors (Lipinski definition) is 6. The number of hydrogen-bond donors (Lipinski definition) is 0. The number of esters is 1. The maximum Gasteiger partial charge on any atom is 0.332 e. The summed E-state index contributed by atoms with van der Waals surface area (Å²) in [6, 6.07) is 11.8. The molecular weight excluding hydrogens is 362 g/mol. The Morgan fingerprint density at radius 3 is 2.39 bits per heavy atom. The van der Waals surface area contributed by atoms with Crippen LogP contribution in [-0.4, -0.2) is 42.6 Å². The van der Waals surface area contributed by atoms with E-state index in [4.69, 9.17) is 14.2 Å². The van der Waals surface area contributed by atoms with Crippen LogP contribution in [0.4, 0.5) is 0 Å². The third-order valence-corrected chi connectivity index (χ3v) is 4.40. The number of fused-ring (bicyclic) bond motifs is 2. The first-order chi connectivity index (χ1) is 13.6. The molecule has 2 aromatic carbocycles. The van der Waals surface area contributed by atoms with Crippen molar-refractivity contribution in [2.45, 2.75) is 6.42 Å². The van der Waals surface area contributed by atoms with Gasteiger partial charge in [0, 0.05) is 12.5 Å². The summed E-state index contributed by atoms with van der Waals surface area (Å²) < 4.78 is 16.2. The van der Waals surface area contributed by atoms with Gasteiger partial charge in [0.05, 0.1) is 24.3 Å². The molecule has 2 aliphatic rings. The van der Waals surface area contributed by atoms with Crippen LogP contribution < -0.4 is 9.47 Å². The zero-order valence-corrected chi connectivity index (χ0v) is 14.9. The number of carbonyl (C=O) groups excluding carboxylic acids is 3. The topological polar surface area (TPSA) is 82.1 Å². The number of amides is 2. The second kappa shape index (κ2) is 7.56. The molecule has 2 aromatic rings. The lowest BCUT2D eigenvalue weighted by atomic mass is 10.1. The third kappa shape index (κ3) is 3.46. The summed E-state index contributed by atoms with van der Waals surface area (Å²) in [5.74, 6) is -0.314. The number of nitrogens with zero attached hydrogens (tertiary/aromatic N) is 1. The van der Waals surface area contributed by atoms with E-state index in [1.54, 1.807) is 48.5 Å². The Hall–Kier alpha value is -3.61. The van der Waals surface area contributed by atoms with Gasteiger partial charge in [-0.1, -0.05) is 18.2 Å². The largest absolute Gasteiger partial charge is 0.490 e. The Bertz CT molecular complexity index is 946. The highest BCUT2D eigenvalue weighted by atomic mass is 16.5. The van der Waals surface area contributed by atoms with Crippen LogP contribution in [0.2, 0.25) is 0 Å². The summed E-state index contributed by atoms with van der Waals surface area (Å²) in [5, 5.41) is 0. The maximum absolute atomic E-state index is 12.2. The lowest BCUT2D eigenvalue weighted by Gasteiger charge is -2.12. The highest BCUT2D eigenvalue weighted by Crippen LogP contribution is 2.30. The molecule has 2 aliphatic heterocycles.